The zero-order valence-corrected chi connectivity index (χ0v) is 23.3. The highest BCUT2D eigenvalue weighted by Crippen LogP contribution is 2.30. The van der Waals surface area contributed by atoms with Gasteiger partial charge in [0.05, 0.1) is 36.9 Å². The van der Waals surface area contributed by atoms with Gasteiger partial charge in [-0.2, -0.15) is 17.5 Å². The van der Waals surface area contributed by atoms with Gasteiger partial charge in [0.2, 0.25) is 21.8 Å². The fourth-order valence-corrected chi connectivity index (χ4v) is 5.53. The molecule has 220 valence electrons. The zero-order chi connectivity index (χ0) is 29.7. The smallest absolute Gasteiger partial charge is 0.389 e. The first-order valence-electron chi connectivity index (χ1n) is 12.8. The van der Waals surface area contributed by atoms with E-state index in [1.165, 1.54) is 46.6 Å². The van der Waals surface area contributed by atoms with Crippen molar-refractivity contribution in [1.29, 1.82) is 0 Å². The van der Waals surface area contributed by atoms with E-state index >= 15 is 0 Å². The Labute approximate surface area is 232 Å². The van der Waals surface area contributed by atoms with Crippen LogP contribution >= 0.6 is 0 Å². The number of carbonyl (C=O) groups excluding carboxylic acids is 2. The van der Waals surface area contributed by atoms with Gasteiger partial charge >= 0.3 is 6.18 Å². The third-order valence-corrected chi connectivity index (χ3v) is 8.56. The van der Waals surface area contributed by atoms with E-state index in [-0.39, 0.29) is 54.3 Å². The van der Waals surface area contributed by atoms with Crippen LogP contribution in [0.4, 0.5) is 18.9 Å². The first-order valence-corrected chi connectivity index (χ1v) is 14.2. The largest absolute Gasteiger partial charge is 0.488 e. The Morgan fingerprint density at radius 2 is 1.90 bits per heavy atom. The van der Waals surface area contributed by atoms with Crippen LogP contribution in [0.5, 0.6) is 5.75 Å². The van der Waals surface area contributed by atoms with Gasteiger partial charge in [-0.15, -0.1) is 0 Å². The number of ether oxygens (including phenoxy) is 1. The first-order chi connectivity index (χ1) is 18.7. The lowest BCUT2D eigenvalue weighted by molar-refractivity contribution is -0.142. The van der Waals surface area contributed by atoms with Crippen LogP contribution in [0.15, 0.2) is 53.4 Å². The molecule has 0 bridgehead atoms. The lowest BCUT2D eigenvalue weighted by Gasteiger charge is -2.33. The molecule has 2 aromatic rings. The molecular weight excluding hydrogens is 551 g/mol. The van der Waals surface area contributed by atoms with Crippen LogP contribution in [0.25, 0.3) is 0 Å². The van der Waals surface area contributed by atoms with Gasteiger partial charge in [-0.25, -0.2) is 8.42 Å². The van der Waals surface area contributed by atoms with E-state index in [0.29, 0.717) is 5.56 Å². The van der Waals surface area contributed by atoms with Gasteiger partial charge in [0.15, 0.2) is 0 Å². The van der Waals surface area contributed by atoms with Crippen molar-refractivity contribution in [2.75, 3.05) is 32.1 Å². The number of amides is 2. The number of halogens is 3. The Kier molecular flexibility index (Phi) is 10.2. The Bertz CT molecular complexity index is 1290. The fraction of sp³-hybridized carbons (Fsp3) is 0.481. The van der Waals surface area contributed by atoms with E-state index < -0.39 is 47.1 Å². The van der Waals surface area contributed by atoms with Gasteiger partial charge in [0.1, 0.15) is 11.9 Å². The number of rotatable bonds is 9. The van der Waals surface area contributed by atoms with E-state index in [1.54, 1.807) is 25.1 Å². The molecule has 3 rings (SSSR count). The third-order valence-electron chi connectivity index (χ3n) is 6.72. The molecule has 9 nitrogen and oxygen atoms in total. The molecule has 0 spiro atoms. The molecule has 0 saturated heterocycles. The summed E-state index contributed by atoms with van der Waals surface area (Å²) < 4.78 is 71.3. The second-order valence-corrected chi connectivity index (χ2v) is 12.0. The number of alkyl halides is 3. The van der Waals surface area contributed by atoms with Gasteiger partial charge in [-0.3, -0.25) is 9.59 Å². The van der Waals surface area contributed by atoms with E-state index in [1.807, 2.05) is 6.92 Å². The number of anilines is 1. The Morgan fingerprint density at radius 3 is 2.52 bits per heavy atom. The molecule has 0 unspecified atom stereocenters. The van der Waals surface area contributed by atoms with Crippen molar-refractivity contribution in [3.05, 3.63) is 54.1 Å². The molecule has 2 amide bonds. The summed E-state index contributed by atoms with van der Waals surface area (Å²) in [6.07, 6.45) is -7.36. The second kappa shape index (κ2) is 13.0. The molecule has 0 saturated carbocycles. The zero-order valence-electron chi connectivity index (χ0n) is 22.5. The summed E-state index contributed by atoms with van der Waals surface area (Å²) in [5, 5.41) is 12.2. The van der Waals surface area contributed by atoms with Crippen molar-refractivity contribution in [1.82, 2.24) is 9.21 Å². The molecule has 0 aliphatic carbocycles. The number of hydrogen-bond donors (Lipinski definition) is 2. The molecule has 1 heterocycles. The summed E-state index contributed by atoms with van der Waals surface area (Å²) in [5.74, 6) is -1.24. The summed E-state index contributed by atoms with van der Waals surface area (Å²) >= 11 is 0. The maximum absolute atomic E-state index is 13.3. The maximum atomic E-state index is 13.3. The topological polar surface area (TPSA) is 116 Å². The Morgan fingerprint density at radius 1 is 1.23 bits per heavy atom. The van der Waals surface area contributed by atoms with Crippen LogP contribution in [0.1, 0.15) is 32.3 Å². The third kappa shape index (κ3) is 8.18. The highest BCUT2D eigenvalue weighted by atomic mass is 32.2. The van der Waals surface area contributed by atoms with Gasteiger partial charge in [-0.1, -0.05) is 25.1 Å². The summed E-state index contributed by atoms with van der Waals surface area (Å²) in [6, 6.07) is 11.8. The lowest BCUT2D eigenvalue weighted by Crippen LogP contribution is -2.48. The van der Waals surface area contributed by atoms with Crippen LogP contribution in [0.3, 0.4) is 0 Å². The van der Waals surface area contributed by atoms with Crippen molar-refractivity contribution in [3.8, 4) is 5.75 Å². The first kappa shape index (κ1) is 31.4. The number of aliphatic hydroxyl groups is 1. The molecule has 2 aromatic carbocycles. The number of benzene rings is 2. The van der Waals surface area contributed by atoms with Gasteiger partial charge in [0.25, 0.3) is 0 Å². The van der Waals surface area contributed by atoms with Gasteiger partial charge in [0, 0.05) is 37.2 Å². The molecule has 0 radical (unpaired) electrons. The van der Waals surface area contributed by atoms with E-state index in [2.05, 4.69) is 5.32 Å². The van der Waals surface area contributed by atoms with Crippen molar-refractivity contribution in [3.63, 3.8) is 0 Å². The van der Waals surface area contributed by atoms with E-state index in [0.717, 1.165) is 0 Å². The van der Waals surface area contributed by atoms with Crippen molar-refractivity contribution in [2.45, 2.75) is 56.3 Å². The van der Waals surface area contributed by atoms with Crippen LogP contribution in [0.2, 0.25) is 0 Å². The molecule has 0 fully saturated rings. The number of fused-ring (bicyclic) bond motifs is 1. The highest BCUT2D eigenvalue weighted by Gasteiger charge is 2.33. The van der Waals surface area contributed by atoms with E-state index in [4.69, 9.17) is 4.74 Å². The molecule has 1 aliphatic heterocycles. The summed E-state index contributed by atoms with van der Waals surface area (Å²) in [4.78, 5) is 27.0. The van der Waals surface area contributed by atoms with Crippen molar-refractivity contribution in [2.24, 2.45) is 5.92 Å². The lowest BCUT2D eigenvalue weighted by atomic mass is 10.0. The van der Waals surface area contributed by atoms with Gasteiger partial charge < -0.3 is 20.1 Å². The SMILES string of the molecule is C[C@H]1CN([C@@H](C)CO)C(=O)Cc2cc(NC(=O)CCC(F)(F)F)ccc2O[C@H]1CN(C)S(=O)(=O)c1ccccc1. The average molecular weight is 586 g/mol. The van der Waals surface area contributed by atoms with Crippen LogP contribution < -0.4 is 10.1 Å². The molecule has 2 N–H and O–H groups in total. The summed E-state index contributed by atoms with van der Waals surface area (Å²) in [7, 11) is -2.41. The highest BCUT2D eigenvalue weighted by molar-refractivity contribution is 7.89. The summed E-state index contributed by atoms with van der Waals surface area (Å²) in [6.45, 7) is 3.33. The minimum absolute atomic E-state index is 0.0523. The van der Waals surface area contributed by atoms with Gasteiger partial charge in [-0.05, 0) is 37.3 Å². The van der Waals surface area contributed by atoms with Crippen molar-refractivity contribution < 1.29 is 41.0 Å². The number of sulfonamides is 1. The Hall–Kier alpha value is -3.16. The summed E-state index contributed by atoms with van der Waals surface area (Å²) in [5.41, 5.74) is 0.554. The molecular formula is C27H34F3N3O6S. The average Bonchev–Trinajstić information content (AvgIpc) is 2.94. The number of nitrogens with zero attached hydrogens (tertiary/aromatic N) is 2. The van der Waals surface area contributed by atoms with E-state index in [9.17, 15) is 36.3 Å². The molecule has 40 heavy (non-hydrogen) atoms. The standard InChI is InChI=1S/C27H34F3N3O6S/c1-18-15-33(19(2)17-34)26(36)14-20-13-21(31-25(35)11-12-27(28,29)30)9-10-23(20)39-24(18)16-32(3)40(37,38)22-7-5-4-6-8-22/h4-10,13,18-19,24,34H,11-12,14-17H2,1-3H3,(H,31,35)/t18-,19-,24-/m0/s1. The van der Waals surface area contributed by atoms with Crippen LogP contribution in [-0.2, 0) is 26.0 Å². The van der Waals surface area contributed by atoms with Crippen molar-refractivity contribution >= 4 is 27.5 Å². The number of likely N-dealkylation sites (N-methyl/N-ethyl adjacent to an activating group) is 1. The molecule has 3 atom stereocenters. The Balaban J connectivity index is 1.92. The normalized spacial score (nSPS) is 19.2. The predicted octanol–water partition coefficient (Wildman–Crippen LogP) is 3.44. The minimum atomic E-state index is -4.47. The number of hydrogen-bond acceptors (Lipinski definition) is 6. The molecule has 1 aliphatic rings. The molecule has 13 heteroatoms. The maximum Gasteiger partial charge on any atom is 0.389 e. The number of aliphatic hydroxyl groups excluding tert-OH is 1. The van der Waals surface area contributed by atoms with Crippen LogP contribution in [-0.4, -0.2) is 79.6 Å². The van der Waals surface area contributed by atoms with Crippen LogP contribution in [0, 0.1) is 5.92 Å². The quantitative estimate of drug-likeness (QED) is 0.466. The second-order valence-electron chi connectivity index (χ2n) is 9.97. The number of nitrogens with one attached hydrogen (secondary N) is 1. The predicted molar refractivity (Wildman–Crippen MR) is 142 cm³/mol. The number of carbonyl (C=O) groups is 2. The fourth-order valence-electron chi connectivity index (χ4n) is 4.33. The molecule has 0 aromatic heterocycles. The minimum Gasteiger partial charge on any atom is -0.488 e. The monoisotopic (exact) mass is 585 g/mol.